The molecule has 0 saturated carbocycles. The molecule has 0 fully saturated rings. The number of hydrogen-bond donors (Lipinski definition) is 1. The van der Waals surface area contributed by atoms with Gasteiger partial charge in [-0.15, -0.1) is 0 Å². The van der Waals surface area contributed by atoms with Crippen molar-refractivity contribution in [2.45, 2.75) is 19.3 Å². The van der Waals surface area contributed by atoms with Crippen molar-refractivity contribution in [3.8, 4) is 5.69 Å². The van der Waals surface area contributed by atoms with Gasteiger partial charge in [0.2, 0.25) is 5.91 Å². The molecule has 1 aliphatic heterocycles. The molecular weight excluding hydrogens is 439 g/mol. The number of benzene rings is 3. The molecule has 0 saturated heterocycles. The summed E-state index contributed by atoms with van der Waals surface area (Å²) in [5.74, 6) is 0.777. The standard InChI is InChI=1S/C29H25FN4O/c30-21-10-11-23-24(19-31-26(23)18-21)20-14-16-33(17-15-20)29(35)13-12-28-32-25-8-4-5-9-27(25)34(28)22-6-2-1-3-7-22/h1-11,14,18-19,31H,12-13,15-17H2. The van der Waals surface area contributed by atoms with E-state index in [1.807, 2.05) is 53.6 Å². The Balaban J connectivity index is 1.18. The molecule has 0 atom stereocenters. The predicted octanol–water partition coefficient (Wildman–Crippen LogP) is 5.89. The number of halogens is 1. The van der Waals surface area contributed by atoms with Crippen LogP contribution in [-0.2, 0) is 11.2 Å². The van der Waals surface area contributed by atoms with Crippen molar-refractivity contribution >= 4 is 33.4 Å². The lowest BCUT2D eigenvalue weighted by Crippen LogP contribution is -2.34. The Hall–Kier alpha value is -4.19. The van der Waals surface area contributed by atoms with Gasteiger partial charge < -0.3 is 9.88 Å². The first-order valence-corrected chi connectivity index (χ1v) is 11.9. The first-order chi connectivity index (χ1) is 17.2. The van der Waals surface area contributed by atoms with Crippen LogP contribution in [-0.4, -0.2) is 38.4 Å². The molecule has 3 aromatic carbocycles. The highest BCUT2D eigenvalue weighted by atomic mass is 19.1. The summed E-state index contributed by atoms with van der Waals surface area (Å²) in [6.45, 7) is 1.25. The zero-order chi connectivity index (χ0) is 23.8. The molecule has 0 spiro atoms. The van der Waals surface area contributed by atoms with Gasteiger partial charge in [-0.05, 0) is 54.5 Å². The van der Waals surface area contributed by atoms with E-state index in [1.165, 1.54) is 17.7 Å². The number of aryl methyl sites for hydroxylation is 1. The van der Waals surface area contributed by atoms with Crippen LogP contribution in [0.15, 0.2) is 85.1 Å². The molecule has 1 amide bonds. The quantitative estimate of drug-likeness (QED) is 0.352. The second-order valence-corrected chi connectivity index (χ2v) is 8.90. The van der Waals surface area contributed by atoms with E-state index in [2.05, 4.69) is 33.8 Å². The van der Waals surface area contributed by atoms with Crippen LogP contribution in [0.5, 0.6) is 0 Å². The number of amides is 1. The summed E-state index contributed by atoms with van der Waals surface area (Å²) in [6.07, 6.45) is 5.81. The summed E-state index contributed by atoms with van der Waals surface area (Å²) in [5.41, 5.74) is 6.10. The summed E-state index contributed by atoms with van der Waals surface area (Å²) >= 11 is 0. The number of nitrogens with one attached hydrogen (secondary N) is 1. The maximum absolute atomic E-state index is 13.5. The molecule has 0 unspecified atom stereocenters. The van der Waals surface area contributed by atoms with Gasteiger partial charge in [-0.3, -0.25) is 9.36 Å². The highest BCUT2D eigenvalue weighted by Crippen LogP contribution is 2.30. The Labute approximate surface area is 202 Å². The second kappa shape index (κ2) is 8.87. The fraction of sp³-hybridized carbons (Fsp3) is 0.172. The van der Waals surface area contributed by atoms with Crippen LogP contribution in [0.3, 0.4) is 0 Å². The van der Waals surface area contributed by atoms with Crippen molar-refractivity contribution in [1.29, 1.82) is 0 Å². The van der Waals surface area contributed by atoms with E-state index >= 15 is 0 Å². The minimum Gasteiger partial charge on any atom is -0.360 e. The Morgan fingerprint density at radius 3 is 2.69 bits per heavy atom. The van der Waals surface area contributed by atoms with Gasteiger partial charge in [0.05, 0.1) is 11.0 Å². The summed E-state index contributed by atoms with van der Waals surface area (Å²) < 4.78 is 15.7. The van der Waals surface area contributed by atoms with Crippen LogP contribution < -0.4 is 0 Å². The van der Waals surface area contributed by atoms with Crippen molar-refractivity contribution < 1.29 is 9.18 Å². The molecule has 5 nitrogen and oxygen atoms in total. The lowest BCUT2D eigenvalue weighted by Gasteiger charge is -2.26. The Kier molecular flexibility index (Phi) is 5.41. The normalized spacial score (nSPS) is 14.0. The van der Waals surface area contributed by atoms with Crippen molar-refractivity contribution in [2.75, 3.05) is 13.1 Å². The zero-order valence-corrected chi connectivity index (χ0v) is 19.2. The first-order valence-electron chi connectivity index (χ1n) is 11.9. The average molecular weight is 465 g/mol. The number of H-pyrrole nitrogens is 1. The van der Waals surface area contributed by atoms with E-state index in [1.54, 1.807) is 0 Å². The summed E-state index contributed by atoms with van der Waals surface area (Å²) in [6, 6.07) is 23.1. The lowest BCUT2D eigenvalue weighted by atomic mass is 9.98. The molecule has 0 bridgehead atoms. The largest absolute Gasteiger partial charge is 0.360 e. The van der Waals surface area contributed by atoms with Gasteiger partial charge in [0.15, 0.2) is 0 Å². The molecule has 6 heteroatoms. The zero-order valence-electron chi connectivity index (χ0n) is 19.2. The molecule has 2 aromatic heterocycles. The second-order valence-electron chi connectivity index (χ2n) is 8.90. The monoisotopic (exact) mass is 464 g/mol. The van der Waals surface area contributed by atoms with Crippen molar-refractivity contribution in [3.63, 3.8) is 0 Å². The van der Waals surface area contributed by atoms with Gasteiger partial charge in [0, 0.05) is 54.3 Å². The van der Waals surface area contributed by atoms with Gasteiger partial charge in [-0.25, -0.2) is 9.37 Å². The average Bonchev–Trinajstić information content (AvgIpc) is 3.49. The molecule has 3 heterocycles. The third-order valence-electron chi connectivity index (χ3n) is 6.76. The van der Waals surface area contributed by atoms with E-state index < -0.39 is 0 Å². The lowest BCUT2D eigenvalue weighted by molar-refractivity contribution is -0.130. The fourth-order valence-corrected chi connectivity index (χ4v) is 4.99. The number of carbonyl (C=O) groups is 1. The number of para-hydroxylation sites is 3. The molecule has 174 valence electrons. The topological polar surface area (TPSA) is 53.9 Å². The predicted molar refractivity (Wildman–Crippen MR) is 137 cm³/mol. The third-order valence-corrected chi connectivity index (χ3v) is 6.76. The molecule has 0 aliphatic carbocycles. The number of nitrogens with zero attached hydrogens (tertiary/aromatic N) is 3. The SMILES string of the molecule is O=C(CCc1nc2ccccc2n1-c1ccccc1)N1CC=C(c2c[nH]c3cc(F)ccc23)CC1. The number of carbonyl (C=O) groups excluding carboxylic acids is 1. The molecule has 5 aromatic rings. The van der Waals surface area contributed by atoms with Crippen molar-refractivity contribution in [1.82, 2.24) is 19.4 Å². The summed E-state index contributed by atoms with van der Waals surface area (Å²) in [4.78, 5) is 23.0. The molecule has 35 heavy (non-hydrogen) atoms. The third kappa shape index (κ3) is 4.01. The highest BCUT2D eigenvalue weighted by Gasteiger charge is 2.21. The van der Waals surface area contributed by atoms with Gasteiger partial charge >= 0.3 is 0 Å². The number of rotatable bonds is 5. The Morgan fingerprint density at radius 2 is 1.86 bits per heavy atom. The van der Waals surface area contributed by atoms with Crippen LogP contribution in [0.2, 0.25) is 0 Å². The number of fused-ring (bicyclic) bond motifs is 2. The van der Waals surface area contributed by atoms with Gasteiger partial charge in [0.25, 0.3) is 0 Å². The van der Waals surface area contributed by atoms with E-state index in [0.29, 0.717) is 25.9 Å². The highest BCUT2D eigenvalue weighted by molar-refractivity contribution is 5.93. The summed E-state index contributed by atoms with van der Waals surface area (Å²) in [7, 11) is 0. The molecule has 0 radical (unpaired) electrons. The van der Waals surface area contributed by atoms with E-state index in [-0.39, 0.29) is 11.7 Å². The van der Waals surface area contributed by atoms with E-state index in [9.17, 15) is 9.18 Å². The number of aromatic amines is 1. The molecule has 1 aliphatic rings. The Bertz CT molecular complexity index is 1560. The smallest absolute Gasteiger partial charge is 0.223 e. The minimum atomic E-state index is -0.249. The molecular formula is C29H25FN4O. The van der Waals surface area contributed by atoms with Crippen LogP contribution >= 0.6 is 0 Å². The van der Waals surface area contributed by atoms with Crippen LogP contribution in [0, 0.1) is 5.82 Å². The Morgan fingerprint density at radius 1 is 1.03 bits per heavy atom. The maximum Gasteiger partial charge on any atom is 0.223 e. The first kappa shape index (κ1) is 21.4. The summed E-state index contributed by atoms with van der Waals surface area (Å²) in [5, 5.41) is 1.01. The van der Waals surface area contributed by atoms with Crippen LogP contribution in [0.4, 0.5) is 4.39 Å². The van der Waals surface area contributed by atoms with E-state index in [4.69, 9.17) is 4.98 Å². The number of aromatic nitrogens is 3. The van der Waals surface area contributed by atoms with Crippen LogP contribution in [0.1, 0.15) is 24.2 Å². The van der Waals surface area contributed by atoms with Gasteiger partial charge in [0.1, 0.15) is 11.6 Å². The fourth-order valence-electron chi connectivity index (χ4n) is 4.99. The number of imidazole rings is 1. The van der Waals surface area contributed by atoms with Gasteiger partial charge in [-0.2, -0.15) is 0 Å². The van der Waals surface area contributed by atoms with Crippen molar-refractivity contribution in [2.24, 2.45) is 0 Å². The molecule has 1 N–H and O–H groups in total. The minimum absolute atomic E-state index is 0.132. The van der Waals surface area contributed by atoms with E-state index in [0.717, 1.165) is 45.4 Å². The molecule has 6 rings (SSSR count). The maximum atomic E-state index is 13.5. The van der Waals surface area contributed by atoms with Crippen molar-refractivity contribution in [3.05, 3.63) is 102 Å². The van der Waals surface area contributed by atoms with Crippen LogP contribution in [0.25, 0.3) is 33.2 Å². The number of hydrogen-bond acceptors (Lipinski definition) is 2. The van der Waals surface area contributed by atoms with Gasteiger partial charge in [-0.1, -0.05) is 36.4 Å².